The lowest BCUT2D eigenvalue weighted by Gasteiger charge is -2.27. The topological polar surface area (TPSA) is 43.4 Å². The van der Waals surface area contributed by atoms with Crippen molar-refractivity contribution in [2.75, 3.05) is 19.8 Å². The average Bonchev–Trinajstić information content (AvgIpc) is 2.59. The standard InChI is InChI=1S/C20H24N2O2/c1-2-17-6-5-15(11-20(17)23-9-1)3-4-16-10-19(13-21-12-16)24-14-18-7-8-22-18/h5-6,10-13,18,22H,1-4,7-9,14H2/t18-/m0/s1. The fourth-order valence-corrected chi connectivity index (χ4v) is 3.20. The summed E-state index contributed by atoms with van der Waals surface area (Å²) in [6, 6.07) is 9.26. The van der Waals surface area contributed by atoms with E-state index in [9.17, 15) is 0 Å². The highest BCUT2D eigenvalue weighted by atomic mass is 16.5. The molecule has 126 valence electrons. The van der Waals surface area contributed by atoms with E-state index in [1.165, 1.54) is 23.1 Å². The maximum Gasteiger partial charge on any atom is 0.137 e. The van der Waals surface area contributed by atoms with E-state index in [1.807, 2.05) is 6.20 Å². The molecule has 1 atom stereocenters. The molecule has 0 amide bonds. The van der Waals surface area contributed by atoms with E-state index < -0.39 is 0 Å². The minimum Gasteiger partial charge on any atom is -0.493 e. The number of rotatable bonds is 6. The summed E-state index contributed by atoms with van der Waals surface area (Å²) in [6.45, 7) is 2.68. The predicted molar refractivity (Wildman–Crippen MR) is 93.8 cm³/mol. The lowest BCUT2D eigenvalue weighted by molar-refractivity contribution is 0.217. The molecule has 1 aromatic heterocycles. The Hall–Kier alpha value is -2.07. The molecule has 2 aromatic rings. The van der Waals surface area contributed by atoms with Crippen LogP contribution in [0.1, 0.15) is 29.5 Å². The molecule has 0 unspecified atom stereocenters. The maximum atomic E-state index is 5.83. The summed E-state index contributed by atoms with van der Waals surface area (Å²) < 4.78 is 11.6. The normalized spacial score (nSPS) is 19.1. The van der Waals surface area contributed by atoms with Crippen LogP contribution in [0.4, 0.5) is 0 Å². The van der Waals surface area contributed by atoms with E-state index >= 15 is 0 Å². The van der Waals surface area contributed by atoms with Crippen LogP contribution in [-0.2, 0) is 19.3 Å². The Labute approximate surface area is 143 Å². The first-order valence-electron chi connectivity index (χ1n) is 8.91. The van der Waals surface area contributed by atoms with E-state index in [2.05, 4.69) is 34.6 Å². The maximum absolute atomic E-state index is 5.83. The van der Waals surface area contributed by atoms with Crippen LogP contribution in [0.25, 0.3) is 0 Å². The Morgan fingerprint density at radius 1 is 1.17 bits per heavy atom. The molecule has 1 saturated heterocycles. The molecule has 0 bridgehead atoms. The average molecular weight is 324 g/mol. The Kier molecular flexibility index (Phi) is 4.65. The number of benzene rings is 1. The smallest absolute Gasteiger partial charge is 0.137 e. The van der Waals surface area contributed by atoms with Crippen LogP contribution < -0.4 is 14.8 Å². The van der Waals surface area contributed by atoms with Gasteiger partial charge in [-0.3, -0.25) is 4.98 Å². The minimum atomic E-state index is 0.504. The van der Waals surface area contributed by atoms with Gasteiger partial charge in [0.05, 0.1) is 12.8 Å². The number of aryl methyl sites for hydroxylation is 3. The van der Waals surface area contributed by atoms with E-state index in [1.54, 1.807) is 6.20 Å². The zero-order valence-electron chi connectivity index (χ0n) is 14.0. The van der Waals surface area contributed by atoms with Gasteiger partial charge in [-0.15, -0.1) is 0 Å². The zero-order valence-corrected chi connectivity index (χ0v) is 14.0. The van der Waals surface area contributed by atoms with Crippen molar-refractivity contribution < 1.29 is 9.47 Å². The van der Waals surface area contributed by atoms with Crippen molar-refractivity contribution in [1.29, 1.82) is 0 Å². The van der Waals surface area contributed by atoms with Gasteiger partial charge in [0.1, 0.15) is 18.1 Å². The SMILES string of the molecule is c1cc2c(cc1CCc1cncc(OC[C@@H]3CCN3)c1)OCCC2. The van der Waals surface area contributed by atoms with Crippen molar-refractivity contribution in [1.82, 2.24) is 10.3 Å². The molecule has 0 aliphatic carbocycles. The Morgan fingerprint density at radius 2 is 2.08 bits per heavy atom. The third-order valence-corrected chi connectivity index (χ3v) is 4.83. The molecule has 0 saturated carbocycles. The highest BCUT2D eigenvalue weighted by Crippen LogP contribution is 2.26. The van der Waals surface area contributed by atoms with E-state index in [4.69, 9.17) is 9.47 Å². The van der Waals surface area contributed by atoms with Crippen molar-refractivity contribution >= 4 is 0 Å². The van der Waals surface area contributed by atoms with Gasteiger partial charge in [0.25, 0.3) is 0 Å². The van der Waals surface area contributed by atoms with Crippen LogP contribution in [0.5, 0.6) is 11.5 Å². The van der Waals surface area contributed by atoms with Crippen molar-refractivity contribution in [3.8, 4) is 11.5 Å². The first-order valence-corrected chi connectivity index (χ1v) is 8.91. The van der Waals surface area contributed by atoms with Crippen LogP contribution in [0, 0.1) is 0 Å². The van der Waals surface area contributed by atoms with Crippen LogP contribution in [-0.4, -0.2) is 30.8 Å². The van der Waals surface area contributed by atoms with Gasteiger partial charge in [-0.1, -0.05) is 12.1 Å². The molecule has 0 spiro atoms. The molecule has 1 fully saturated rings. The molecule has 24 heavy (non-hydrogen) atoms. The molecule has 4 heteroatoms. The molecule has 4 rings (SSSR count). The van der Waals surface area contributed by atoms with Gasteiger partial charge in [0.2, 0.25) is 0 Å². The number of ether oxygens (including phenoxy) is 2. The third kappa shape index (κ3) is 3.70. The van der Waals surface area contributed by atoms with Crippen LogP contribution >= 0.6 is 0 Å². The summed E-state index contributed by atoms with van der Waals surface area (Å²) in [5, 5.41) is 3.34. The molecule has 0 radical (unpaired) electrons. The molecular formula is C20H24N2O2. The second-order valence-electron chi connectivity index (χ2n) is 6.67. The Balaban J connectivity index is 1.35. The van der Waals surface area contributed by atoms with Gasteiger partial charge in [-0.2, -0.15) is 0 Å². The Bertz CT molecular complexity index is 698. The number of aromatic nitrogens is 1. The Morgan fingerprint density at radius 3 is 2.96 bits per heavy atom. The quantitative estimate of drug-likeness (QED) is 0.887. The number of hydrogen-bond acceptors (Lipinski definition) is 4. The highest BCUT2D eigenvalue weighted by Gasteiger charge is 2.16. The van der Waals surface area contributed by atoms with Crippen LogP contribution in [0.3, 0.4) is 0 Å². The van der Waals surface area contributed by atoms with Gasteiger partial charge < -0.3 is 14.8 Å². The highest BCUT2D eigenvalue weighted by molar-refractivity contribution is 5.39. The zero-order chi connectivity index (χ0) is 16.2. The van der Waals surface area contributed by atoms with Crippen LogP contribution in [0.15, 0.2) is 36.7 Å². The molecular weight excluding hydrogens is 300 g/mol. The molecule has 2 aliphatic rings. The lowest BCUT2D eigenvalue weighted by Crippen LogP contribution is -2.46. The molecule has 1 N–H and O–H groups in total. The van der Waals surface area contributed by atoms with E-state index in [0.29, 0.717) is 6.04 Å². The second kappa shape index (κ2) is 7.22. The van der Waals surface area contributed by atoms with Gasteiger partial charge in [0, 0.05) is 12.2 Å². The number of pyridine rings is 1. The predicted octanol–water partition coefficient (Wildman–Crippen LogP) is 2.93. The number of nitrogens with zero attached hydrogens (tertiary/aromatic N) is 1. The summed E-state index contributed by atoms with van der Waals surface area (Å²) >= 11 is 0. The van der Waals surface area contributed by atoms with Crippen LogP contribution in [0.2, 0.25) is 0 Å². The van der Waals surface area contributed by atoms with Crippen molar-refractivity contribution in [3.05, 3.63) is 53.3 Å². The van der Waals surface area contributed by atoms with Gasteiger partial charge in [-0.25, -0.2) is 0 Å². The monoisotopic (exact) mass is 324 g/mol. The first kappa shape index (κ1) is 15.5. The molecule has 1 aromatic carbocycles. The first-order chi connectivity index (χ1) is 11.9. The van der Waals surface area contributed by atoms with E-state index in [-0.39, 0.29) is 0 Å². The van der Waals surface area contributed by atoms with Crippen molar-refractivity contribution in [3.63, 3.8) is 0 Å². The summed E-state index contributed by atoms with van der Waals surface area (Å²) in [4.78, 5) is 4.32. The van der Waals surface area contributed by atoms with Gasteiger partial charge in [0.15, 0.2) is 0 Å². The number of nitrogens with one attached hydrogen (secondary N) is 1. The van der Waals surface area contributed by atoms with Gasteiger partial charge >= 0.3 is 0 Å². The fourth-order valence-electron chi connectivity index (χ4n) is 3.20. The summed E-state index contributed by atoms with van der Waals surface area (Å²) in [5.74, 6) is 1.94. The summed E-state index contributed by atoms with van der Waals surface area (Å²) in [5.41, 5.74) is 3.88. The van der Waals surface area contributed by atoms with Crippen molar-refractivity contribution in [2.24, 2.45) is 0 Å². The van der Waals surface area contributed by atoms with Gasteiger partial charge in [-0.05, 0) is 67.5 Å². The number of fused-ring (bicyclic) bond motifs is 1. The summed E-state index contributed by atoms with van der Waals surface area (Å²) in [6.07, 6.45) is 9.15. The largest absolute Gasteiger partial charge is 0.493 e. The second-order valence-corrected chi connectivity index (χ2v) is 6.67. The fraction of sp³-hybridized carbons (Fsp3) is 0.450. The number of hydrogen-bond donors (Lipinski definition) is 1. The lowest BCUT2D eigenvalue weighted by atomic mass is 10.0. The van der Waals surface area contributed by atoms with Crippen molar-refractivity contribution in [2.45, 2.75) is 38.1 Å². The summed E-state index contributed by atoms with van der Waals surface area (Å²) in [7, 11) is 0. The van der Waals surface area contributed by atoms with E-state index in [0.717, 1.165) is 56.9 Å². The molecule has 3 heterocycles. The third-order valence-electron chi connectivity index (χ3n) is 4.83. The molecule has 4 nitrogen and oxygen atoms in total. The minimum absolute atomic E-state index is 0.504. The molecule has 2 aliphatic heterocycles.